The molecule has 10 heteroatoms. The van der Waals surface area contributed by atoms with E-state index in [0.717, 1.165) is 19.3 Å². The summed E-state index contributed by atoms with van der Waals surface area (Å²) < 4.78 is 33.2. The second-order valence-electron chi connectivity index (χ2n) is 6.99. The first kappa shape index (κ1) is 36.5. The molecule has 0 fully saturated rings. The van der Waals surface area contributed by atoms with Crippen LogP contribution in [-0.4, -0.2) is 50.1 Å². The molecule has 6 atom stereocenters. The van der Waals surface area contributed by atoms with Gasteiger partial charge in [0.1, 0.15) is 0 Å². The van der Waals surface area contributed by atoms with E-state index in [1.165, 1.54) is 0 Å². The van der Waals surface area contributed by atoms with Gasteiger partial charge in [0.2, 0.25) is 22.1 Å². The summed E-state index contributed by atoms with van der Waals surface area (Å²) in [4.78, 5) is 27.4. The maximum Gasteiger partial charge on any atom is 0.203 e. The third-order valence-corrected chi connectivity index (χ3v) is 13.1. The first-order valence-electron chi connectivity index (χ1n) is 10.1. The van der Waals surface area contributed by atoms with E-state index in [1.54, 1.807) is 20.8 Å². The van der Waals surface area contributed by atoms with E-state index < -0.39 is 22.1 Å². The van der Waals surface area contributed by atoms with Gasteiger partial charge >= 0.3 is 0 Å². The van der Waals surface area contributed by atoms with Crippen LogP contribution in [0.25, 0.3) is 0 Å². The topological polar surface area (TPSA) is 112 Å². The minimum absolute atomic E-state index is 0. The number of hydrogen-bond acceptors (Lipinski definition) is 3. The molecule has 0 aromatic carbocycles. The third kappa shape index (κ3) is 15.9. The van der Waals surface area contributed by atoms with Gasteiger partial charge < -0.3 is 14.7 Å². The van der Waals surface area contributed by atoms with Crippen LogP contribution in [0, 0.1) is 0 Å². The van der Waals surface area contributed by atoms with Gasteiger partial charge in [-0.3, -0.25) is 13.7 Å². The number of hydrogen-bond donors (Lipinski definition) is 3. The molecular weight excluding hydrogens is 461 g/mol. The molecule has 0 bridgehead atoms. The van der Waals surface area contributed by atoms with Gasteiger partial charge in [-0.2, -0.15) is 0 Å². The molecule has 0 spiro atoms. The minimum Gasteiger partial charge on any atom is -0.344 e. The molecule has 0 saturated carbocycles. The summed E-state index contributed by atoms with van der Waals surface area (Å²) in [5.41, 5.74) is -0.0764. The molecule has 0 aromatic heterocycles. The van der Waals surface area contributed by atoms with E-state index in [2.05, 4.69) is 0 Å². The molecule has 0 amide bonds. The molecule has 0 saturated heterocycles. The Bertz CT molecular complexity index is 444. The summed E-state index contributed by atoms with van der Waals surface area (Å²) in [5, 5.41) is 0. The van der Waals surface area contributed by atoms with Crippen LogP contribution >= 0.6 is 22.1 Å². The fourth-order valence-corrected chi connectivity index (χ4v) is 5.37. The first-order chi connectivity index (χ1) is 12.1. The van der Waals surface area contributed by atoms with Gasteiger partial charge in [-0.15, -0.1) is 0 Å². The summed E-state index contributed by atoms with van der Waals surface area (Å²) in [6.45, 7) is 16.5. The third-order valence-electron chi connectivity index (χ3n) is 5.20. The smallest absolute Gasteiger partial charge is 0.203 e. The maximum absolute atomic E-state index is 11.1. The molecular formula is C18H45FeO6P3. The summed E-state index contributed by atoms with van der Waals surface area (Å²) in [6.07, 6.45) is 3.59. The van der Waals surface area contributed by atoms with E-state index in [0.29, 0.717) is 18.5 Å². The Kier molecular flexibility index (Phi) is 23.1. The molecule has 0 heterocycles. The quantitative estimate of drug-likeness (QED) is 0.253. The molecule has 3 N–H and O–H groups in total. The van der Waals surface area contributed by atoms with Crippen molar-refractivity contribution < 1.29 is 45.4 Å². The van der Waals surface area contributed by atoms with Crippen LogP contribution in [0.4, 0.5) is 0 Å². The molecule has 176 valence electrons. The first-order valence-corrected chi connectivity index (χ1v) is 15.8. The molecule has 0 aliphatic heterocycles. The zero-order valence-electron chi connectivity index (χ0n) is 19.2. The Hall–Kier alpha value is 1.09. The van der Waals surface area contributed by atoms with Gasteiger partial charge in [0.15, 0.2) is 0 Å². The van der Waals surface area contributed by atoms with E-state index >= 15 is 0 Å². The summed E-state index contributed by atoms with van der Waals surface area (Å²) in [6, 6.07) is 0. The fraction of sp³-hybridized carbons (Fsp3) is 1.00. The largest absolute Gasteiger partial charge is 0.344 e. The van der Waals surface area contributed by atoms with Crippen molar-refractivity contribution in [3.8, 4) is 0 Å². The predicted molar refractivity (Wildman–Crippen MR) is 120 cm³/mol. The molecule has 0 radical (unpaired) electrons. The van der Waals surface area contributed by atoms with Crippen molar-refractivity contribution in [3.63, 3.8) is 0 Å². The van der Waals surface area contributed by atoms with Crippen LogP contribution in [0.15, 0.2) is 0 Å². The van der Waals surface area contributed by atoms with E-state index in [4.69, 9.17) is 14.7 Å². The zero-order chi connectivity index (χ0) is 22.5. The van der Waals surface area contributed by atoms with Crippen LogP contribution < -0.4 is 0 Å². The normalized spacial score (nSPS) is 20.1. The Morgan fingerprint density at radius 2 is 0.679 bits per heavy atom. The van der Waals surface area contributed by atoms with Crippen molar-refractivity contribution in [1.29, 1.82) is 0 Å². The molecule has 28 heavy (non-hydrogen) atoms. The van der Waals surface area contributed by atoms with E-state index in [1.807, 2.05) is 41.5 Å². The molecule has 0 rings (SSSR count). The van der Waals surface area contributed by atoms with Gasteiger partial charge in [-0.25, -0.2) is 0 Å². The predicted octanol–water partition coefficient (Wildman–Crippen LogP) is 6.22. The standard InChI is InChI=1S/3C6H15O2P.Fe/c3*1-4-6(3)9(7,8)5-2;/h3*6H,4-5H2,1-3H3,(H,7,8);. The molecule has 0 aliphatic carbocycles. The van der Waals surface area contributed by atoms with Crippen LogP contribution in [0.2, 0.25) is 0 Å². The Morgan fingerprint density at radius 1 is 0.536 bits per heavy atom. The summed E-state index contributed by atoms with van der Waals surface area (Å²) in [7, 11) is -8.29. The van der Waals surface area contributed by atoms with Gasteiger partial charge in [0, 0.05) is 52.5 Å². The SMILES string of the molecule is CCC(C)P(=O)(O)CC.CCC(C)P(=O)(O)CC.CCC(C)P(=O)(O)CC.[Fe]. The zero-order valence-corrected chi connectivity index (χ0v) is 23.0. The molecule has 0 aromatic rings. The van der Waals surface area contributed by atoms with Crippen molar-refractivity contribution in [2.45, 2.75) is 98.6 Å². The molecule has 6 unspecified atom stereocenters. The Morgan fingerprint density at radius 3 is 0.714 bits per heavy atom. The molecule has 0 aliphatic rings. The Balaban J connectivity index is -0.000000152. The summed E-state index contributed by atoms with van der Waals surface area (Å²) in [5.74, 6) is 0. The van der Waals surface area contributed by atoms with Crippen LogP contribution in [-0.2, 0) is 30.8 Å². The van der Waals surface area contributed by atoms with Gasteiger partial charge in [0.25, 0.3) is 0 Å². The second-order valence-corrected chi connectivity index (χ2v) is 16.1. The van der Waals surface area contributed by atoms with Crippen LogP contribution in [0.5, 0.6) is 0 Å². The van der Waals surface area contributed by atoms with Crippen molar-refractivity contribution in [1.82, 2.24) is 0 Å². The second kappa shape index (κ2) is 17.7. The maximum atomic E-state index is 11.1. The van der Waals surface area contributed by atoms with Crippen molar-refractivity contribution >= 4 is 22.1 Å². The fourth-order valence-electron chi connectivity index (χ4n) is 1.79. The van der Waals surface area contributed by atoms with Crippen LogP contribution in [0.1, 0.15) is 81.6 Å². The average molecular weight is 506 g/mol. The van der Waals surface area contributed by atoms with Crippen molar-refractivity contribution in [2.24, 2.45) is 0 Å². The van der Waals surface area contributed by atoms with E-state index in [-0.39, 0.29) is 34.0 Å². The Labute approximate surface area is 184 Å². The molecule has 6 nitrogen and oxygen atoms in total. The van der Waals surface area contributed by atoms with Gasteiger partial charge in [-0.05, 0) is 19.3 Å². The van der Waals surface area contributed by atoms with Gasteiger partial charge in [0.05, 0.1) is 0 Å². The van der Waals surface area contributed by atoms with E-state index in [9.17, 15) is 13.7 Å². The number of rotatable bonds is 9. The summed E-state index contributed by atoms with van der Waals surface area (Å²) >= 11 is 0. The van der Waals surface area contributed by atoms with Crippen molar-refractivity contribution in [3.05, 3.63) is 0 Å². The van der Waals surface area contributed by atoms with Gasteiger partial charge in [-0.1, -0.05) is 62.3 Å². The van der Waals surface area contributed by atoms with Crippen molar-refractivity contribution in [2.75, 3.05) is 18.5 Å². The van der Waals surface area contributed by atoms with Crippen LogP contribution in [0.3, 0.4) is 0 Å². The minimum atomic E-state index is -2.76. The monoisotopic (exact) mass is 506 g/mol. The average Bonchev–Trinajstić information content (AvgIpc) is 2.66.